The predicted molar refractivity (Wildman–Crippen MR) is 122 cm³/mol. The van der Waals surface area contributed by atoms with Crippen molar-refractivity contribution in [1.82, 2.24) is 10.2 Å². The highest BCUT2D eigenvalue weighted by Gasteiger charge is 2.34. The summed E-state index contributed by atoms with van der Waals surface area (Å²) in [7, 11) is 4.61. The number of amides is 3. The smallest absolute Gasteiger partial charge is 0.293 e. The first-order chi connectivity index (χ1) is 15.5. The molecule has 3 rings (SSSR count). The van der Waals surface area contributed by atoms with E-state index in [2.05, 4.69) is 5.32 Å². The zero-order valence-corrected chi connectivity index (χ0v) is 18.9. The molecule has 0 aromatic heterocycles. The number of carbonyl (C=O) groups is 3. The van der Waals surface area contributed by atoms with E-state index in [1.807, 2.05) is 18.2 Å². The van der Waals surface area contributed by atoms with Crippen molar-refractivity contribution in [1.29, 1.82) is 0 Å². The third-order valence-corrected chi connectivity index (χ3v) is 5.69. The number of methoxy groups -OCH3 is 3. The van der Waals surface area contributed by atoms with E-state index < -0.39 is 5.91 Å². The molecular weight excluding hydrogens is 432 g/mol. The first kappa shape index (κ1) is 23.2. The molecular formula is C23H24N2O6S. The SMILES string of the molecule is COc1ccccc1CC(=O)NCCN1C(=O)S/C(=C\c2ccc(OC)c(OC)c2)C1=O. The molecule has 9 heteroatoms. The number of hydrogen-bond acceptors (Lipinski definition) is 7. The van der Waals surface area contributed by atoms with E-state index in [9.17, 15) is 14.4 Å². The first-order valence-electron chi connectivity index (χ1n) is 9.82. The van der Waals surface area contributed by atoms with E-state index >= 15 is 0 Å². The Hall–Kier alpha value is -3.46. The molecule has 8 nitrogen and oxygen atoms in total. The van der Waals surface area contributed by atoms with Crippen molar-refractivity contribution in [2.75, 3.05) is 34.4 Å². The summed E-state index contributed by atoms with van der Waals surface area (Å²) >= 11 is 0.864. The van der Waals surface area contributed by atoms with Gasteiger partial charge < -0.3 is 19.5 Å². The molecule has 32 heavy (non-hydrogen) atoms. The van der Waals surface area contributed by atoms with Gasteiger partial charge in [-0.15, -0.1) is 0 Å². The summed E-state index contributed by atoms with van der Waals surface area (Å²) < 4.78 is 15.7. The molecule has 3 amide bonds. The summed E-state index contributed by atoms with van der Waals surface area (Å²) in [5.74, 6) is 1.12. The lowest BCUT2D eigenvalue weighted by Crippen LogP contribution is -2.37. The number of nitrogens with one attached hydrogen (secondary N) is 1. The Morgan fingerprint density at radius 3 is 2.44 bits per heavy atom. The van der Waals surface area contributed by atoms with Gasteiger partial charge in [0.2, 0.25) is 5.91 Å². The normalized spacial score (nSPS) is 14.6. The highest BCUT2D eigenvalue weighted by atomic mass is 32.2. The average molecular weight is 457 g/mol. The minimum absolute atomic E-state index is 0.0889. The van der Waals surface area contributed by atoms with Crippen LogP contribution in [0.4, 0.5) is 4.79 Å². The quantitative estimate of drug-likeness (QED) is 0.580. The summed E-state index contributed by atoms with van der Waals surface area (Å²) in [6.07, 6.45) is 1.78. The van der Waals surface area contributed by atoms with Gasteiger partial charge in [0, 0.05) is 18.7 Å². The molecule has 1 aliphatic heterocycles. The van der Waals surface area contributed by atoms with Crippen LogP contribution in [-0.2, 0) is 16.0 Å². The lowest BCUT2D eigenvalue weighted by molar-refractivity contribution is -0.124. The molecule has 2 aromatic carbocycles. The number of rotatable bonds is 9. The minimum atomic E-state index is -0.395. The van der Waals surface area contributed by atoms with Gasteiger partial charge >= 0.3 is 0 Å². The molecule has 0 radical (unpaired) electrons. The van der Waals surface area contributed by atoms with E-state index in [1.54, 1.807) is 37.5 Å². The molecule has 1 heterocycles. The van der Waals surface area contributed by atoms with E-state index in [0.717, 1.165) is 22.2 Å². The second kappa shape index (κ2) is 10.7. The minimum Gasteiger partial charge on any atom is -0.496 e. The predicted octanol–water partition coefficient (Wildman–Crippen LogP) is 3.11. The van der Waals surface area contributed by atoms with Crippen LogP contribution in [0.25, 0.3) is 6.08 Å². The summed E-state index contributed by atoms with van der Waals surface area (Å²) in [6.45, 7) is 0.251. The first-order valence-corrected chi connectivity index (χ1v) is 10.6. The van der Waals surface area contributed by atoms with Crippen molar-refractivity contribution in [3.05, 3.63) is 58.5 Å². The van der Waals surface area contributed by atoms with Gasteiger partial charge in [-0.05, 0) is 41.6 Å². The maximum Gasteiger partial charge on any atom is 0.293 e. The molecule has 1 aliphatic rings. The molecule has 0 unspecified atom stereocenters. The van der Waals surface area contributed by atoms with Gasteiger partial charge in [0.05, 0.1) is 32.7 Å². The maximum absolute atomic E-state index is 12.7. The highest BCUT2D eigenvalue weighted by Crippen LogP contribution is 2.34. The zero-order chi connectivity index (χ0) is 23.1. The number of ether oxygens (including phenoxy) is 3. The van der Waals surface area contributed by atoms with Gasteiger partial charge in [0.25, 0.3) is 11.1 Å². The molecule has 1 fully saturated rings. The van der Waals surface area contributed by atoms with E-state index in [1.165, 1.54) is 14.2 Å². The molecule has 0 saturated carbocycles. The van der Waals surface area contributed by atoms with Gasteiger partial charge in [-0.25, -0.2) is 0 Å². The lowest BCUT2D eigenvalue weighted by atomic mass is 10.1. The Kier molecular flexibility index (Phi) is 7.77. The fourth-order valence-electron chi connectivity index (χ4n) is 3.18. The van der Waals surface area contributed by atoms with Crippen molar-refractivity contribution in [3.63, 3.8) is 0 Å². The number of carbonyl (C=O) groups excluding carboxylic acids is 3. The second-order valence-electron chi connectivity index (χ2n) is 6.79. The van der Waals surface area contributed by atoms with E-state index in [0.29, 0.717) is 27.7 Å². The number of hydrogen-bond donors (Lipinski definition) is 1. The van der Waals surface area contributed by atoms with Crippen LogP contribution in [0.5, 0.6) is 17.2 Å². The van der Waals surface area contributed by atoms with Gasteiger partial charge in [0.1, 0.15) is 5.75 Å². The molecule has 1 N–H and O–H groups in total. The summed E-state index contributed by atoms with van der Waals surface area (Å²) in [5.41, 5.74) is 1.47. The molecule has 1 saturated heterocycles. The van der Waals surface area contributed by atoms with Crippen LogP contribution in [0.1, 0.15) is 11.1 Å². The molecule has 0 atom stereocenters. The number of thioether (sulfide) groups is 1. The maximum atomic E-state index is 12.7. The fourth-order valence-corrected chi connectivity index (χ4v) is 4.04. The van der Waals surface area contributed by atoms with Gasteiger partial charge in [-0.2, -0.15) is 0 Å². The number of imide groups is 1. The molecule has 0 spiro atoms. The van der Waals surface area contributed by atoms with Crippen LogP contribution < -0.4 is 19.5 Å². The van der Waals surface area contributed by atoms with E-state index in [4.69, 9.17) is 14.2 Å². The highest BCUT2D eigenvalue weighted by molar-refractivity contribution is 8.18. The van der Waals surface area contributed by atoms with Crippen LogP contribution in [0.2, 0.25) is 0 Å². The van der Waals surface area contributed by atoms with Gasteiger partial charge in [-0.3, -0.25) is 19.3 Å². The van der Waals surface area contributed by atoms with Crippen LogP contribution in [0.15, 0.2) is 47.4 Å². The molecule has 0 bridgehead atoms. The van der Waals surface area contributed by atoms with Crippen molar-refractivity contribution >= 4 is 34.9 Å². The molecule has 168 valence electrons. The van der Waals surface area contributed by atoms with Crippen LogP contribution >= 0.6 is 11.8 Å². The van der Waals surface area contributed by atoms with Crippen LogP contribution in [0, 0.1) is 0 Å². The Balaban J connectivity index is 1.58. The third-order valence-electron chi connectivity index (χ3n) is 4.78. The van der Waals surface area contributed by atoms with Gasteiger partial charge in [0.15, 0.2) is 11.5 Å². The monoisotopic (exact) mass is 456 g/mol. The summed E-state index contributed by atoms with van der Waals surface area (Å²) in [6, 6.07) is 12.5. The van der Waals surface area contributed by atoms with Gasteiger partial charge in [-0.1, -0.05) is 24.3 Å². The molecule has 0 aliphatic carbocycles. The number of para-hydroxylation sites is 1. The summed E-state index contributed by atoms with van der Waals surface area (Å²) in [4.78, 5) is 38.7. The summed E-state index contributed by atoms with van der Waals surface area (Å²) in [5, 5.41) is 2.37. The topological polar surface area (TPSA) is 94.2 Å². The fraction of sp³-hybridized carbons (Fsp3) is 0.261. The van der Waals surface area contributed by atoms with Crippen molar-refractivity contribution < 1.29 is 28.6 Å². The van der Waals surface area contributed by atoms with Crippen LogP contribution in [-0.4, -0.2) is 56.4 Å². The Labute approximate surface area is 190 Å². The van der Waals surface area contributed by atoms with Crippen molar-refractivity contribution in [2.24, 2.45) is 0 Å². The number of nitrogens with zero attached hydrogens (tertiary/aromatic N) is 1. The molecule has 2 aromatic rings. The second-order valence-corrected chi connectivity index (χ2v) is 7.78. The zero-order valence-electron chi connectivity index (χ0n) is 18.0. The third kappa shape index (κ3) is 5.42. The Morgan fingerprint density at radius 2 is 1.72 bits per heavy atom. The Morgan fingerprint density at radius 1 is 1.00 bits per heavy atom. The van der Waals surface area contributed by atoms with E-state index in [-0.39, 0.29) is 30.7 Å². The van der Waals surface area contributed by atoms with Crippen molar-refractivity contribution in [2.45, 2.75) is 6.42 Å². The van der Waals surface area contributed by atoms with Crippen LogP contribution in [0.3, 0.4) is 0 Å². The standard InChI is InChI=1S/C23H24N2O6S/c1-29-17-7-5-4-6-16(17)14-21(26)24-10-11-25-22(27)20(32-23(25)28)13-15-8-9-18(30-2)19(12-15)31-3/h4-9,12-13H,10-11,14H2,1-3H3,(H,24,26)/b20-13-. The largest absolute Gasteiger partial charge is 0.496 e. The Bertz CT molecular complexity index is 1050. The number of benzene rings is 2. The average Bonchev–Trinajstić information content (AvgIpc) is 3.06. The lowest BCUT2D eigenvalue weighted by Gasteiger charge is -2.13. The van der Waals surface area contributed by atoms with Crippen molar-refractivity contribution in [3.8, 4) is 17.2 Å².